The Morgan fingerprint density at radius 1 is 1.11 bits per heavy atom. The lowest BCUT2D eigenvalue weighted by molar-refractivity contribution is -0.145. The van der Waals surface area contributed by atoms with Crippen LogP contribution in [0.15, 0.2) is 6.07 Å². The fourth-order valence-electron chi connectivity index (χ4n) is 3.81. The van der Waals surface area contributed by atoms with Crippen molar-refractivity contribution in [2.24, 2.45) is 11.8 Å². The third-order valence-corrected chi connectivity index (χ3v) is 5.82. The van der Waals surface area contributed by atoms with Gasteiger partial charge < -0.3 is 5.32 Å². The second-order valence-electron chi connectivity index (χ2n) is 6.85. The van der Waals surface area contributed by atoms with Crippen molar-refractivity contribution in [1.82, 2.24) is 4.90 Å². The highest BCUT2D eigenvalue weighted by atomic mass is 32.2. The van der Waals surface area contributed by atoms with Gasteiger partial charge in [-0.2, -0.15) is 11.8 Å². The smallest absolute Gasteiger partial charge is 0.248 e. The van der Waals surface area contributed by atoms with E-state index in [4.69, 9.17) is 0 Å². The van der Waals surface area contributed by atoms with Crippen LogP contribution in [0.2, 0.25) is 0 Å². The molecule has 2 aliphatic rings. The molecular weight excluding hydrogens is 400 g/mol. The van der Waals surface area contributed by atoms with E-state index in [2.05, 4.69) is 0 Å². The van der Waals surface area contributed by atoms with Crippen LogP contribution in [0.4, 0.5) is 23.2 Å². The molecule has 1 aliphatic heterocycles. The Hall–Kier alpha value is -2.10. The van der Waals surface area contributed by atoms with Crippen molar-refractivity contribution in [2.75, 3.05) is 17.3 Å². The molecule has 0 radical (unpaired) electrons. The number of anilines is 1. The maximum Gasteiger partial charge on any atom is 0.248 e. The van der Waals surface area contributed by atoms with Crippen LogP contribution >= 0.6 is 11.8 Å². The standard InChI is InChI=1S/C18H18F4N2O3S/c1-28-7-12(24-17(26)8-4-2-3-5-9(8)18(24)27)16(25)23-15-13(21)10(19)6-11(20)14(15)22/h6,8-9,12H,2-5,7H2,1H3,(H,23,25). The zero-order valence-corrected chi connectivity index (χ0v) is 15.8. The van der Waals surface area contributed by atoms with Crippen molar-refractivity contribution in [3.05, 3.63) is 29.3 Å². The molecule has 0 bridgehead atoms. The van der Waals surface area contributed by atoms with Gasteiger partial charge in [-0.15, -0.1) is 0 Å². The molecule has 1 heterocycles. The fourth-order valence-corrected chi connectivity index (χ4v) is 4.43. The second-order valence-corrected chi connectivity index (χ2v) is 7.76. The van der Waals surface area contributed by atoms with Gasteiger partial charge in [0.15, 0.2) is 23.3 Å². The Kier molecular flexibility index (Phi) is 5.97. The summed E-state index contributed by atoms with van der Waals surface area (Å²) in [6.45, 7) is 0. The Bertz CT molecular complexity index is 785. The summed E-state index contributed by atoms with van der Waals surface area (Å²) in [6.07, 6.45) is 4.30. The summed E-state index contributed by atoms with van der Waals surface area (Å²) in [6, 6.07) is -1.32. The normalized spacial score (nSPS) is 23.0. The summed E-state index contributed by atoms with van der Waals surface area (Å²) in [5.74, 6) is -9.96. The number of hydrogen-bond acceptors (Lipinski definition) is 4. The first-order chi connectivity index (χ1) is 13.3. The molecule has 3 atom stereocenters. The van der Waals surface area contributed by atoms with E-state index >= 15 is 0 Å². The zero-order chi connectivity index (χ0) is 20.6. The number of benzene rings is 1. The van der Waals surface area contributed by atoms with Crippen LogP contribution in [0.3, 0.4) is 0 Å². The van der Waals surface area contributed by atoms with Crippen LogP contribution in [0.5, 0.6) is 0 Å². The number of nitrogens with zero attached hydrogens (tertiary/aromatic N) is 1. The number of thioether (sulfide) groups is 1. The maximum absolute atomic E-state index is 13.9. The van der Waals surface area contributed by atoms with Crippen molar-refractivity contribution < 1.29 is 31.9 Å². The molecule has 1 aromatic rings. The lowest BCUT2D eigenvalue weighted by atomic mass is 9.81. The minimum absolute atomic E-state index is 0.0240. The first-order valence-electron chi connectivity index (χ1n) is 8.77. The monoisotopic (exact) mass is 418 g/mol. The van der Waals surface area contributed by atoms with Crippen LogP contribution in [0.1, 0.15) is 25.7 Å². The second kappa shape index (κ2) is 8.10. The topological polar surface area (TPSA) is 66.5 Å². The van der Waals surface area contributed by atoms with Gasteiger partial charge in [-0.05, 0) is 19.1 Å². The number of likely N-dealkylation sites (tertiary alicyclic amines) is 1. The summed E-state index contributed by atoms with van der Waals surface area (Å²) < 4.78 is 54.5. The average Bonchev–Trinajstić information content (AvgIpc) is 2.92. The van der Waals surface area contributed by atoms with Crippen LogP contribution in [-0.4, -0.2) is 40.7 Å². The van der Waals surface area contributed by atoms with Gasteiger partial charge in [-0.25, -0.2) is 17.6 Å². The molecule has 1 saturated carbocycles. The third-order valence-electron chi connectivity index (χ3n) is 5.17. The molecule has 1 aliphatic carbocycles. The lowest BCUT2D eigenvalue weighted by Crippen LogP contribution is -2.49. The van der Waals surface area contributed by atoms with Gasteiger partial charge in [0.05, 0.1) is 11.8 Å². The molecule has 3 amide bonds. The molecular formula is C18H18F4N2O3S. The van der Waals surface area contributed by atoms with Gasteiger partial charge >= 0.3 is 0 Å². The van der Waals surface area contributed by atoms with Gasteiger partial charge in [0.2, 0.25) is 17.7 Å². The molecule has 0 spiro atoms. The van der Waals surface area contributed by atoms with Crippen molar-refractivity contribution in [3.63, 3.8) is 0 Å². The molecule has 1 aromatic carbocycles. The molecule has 1 N–H and O–H groups in total. The van der Waals surface area contributed by atoms with E-state index in [0.29, 0.717) is 12.8 Å². The Labute approximate surface area is 162 Å². The van der Waals surface area contributed by atoms with Crippen LogP contribution in [0.25, 0.3) is 0 Å². The summed E-state index contributed by atoms with van der Waals surface area (Å²) in [7, 11) is 0. The summed E-state index contributed by atoms with van der Waals surface area (Å²) in [5, 5.41) is 1.82. The first kappa shape index (κ1) is 20.6. The van der Waals surface area contributed by atoms with Gasteiger partial charge in [-0.3, -0.25) is 19.3 Å². The van der Waals surface area contributed by atoms with Gasteiger partial charge in [0, 0.05) is 11.8 Å². The number of carbonyl (C=O) groups excluding carboxylic acids is 3. The van der Waals surface area contributed by atoms with Crippen LogP contribution in [-0.2, 0) is 14.4 Å². The van der Waals surface area contributed by atoms with E-state index in [-0.39, 0.29) is 11.8 Å². The molecule has 3 rings (SSSR count). The first-order valence-corrected chi connectivity index (χ1v) is 10.2. The summed E-state index contributed by atoms with van der Waals surface area (Å²) in [5.41, 5.74) is -1.29. The van der Waals surface area contributed by atoms with E-state index < -0.39 is 64.6 Å². The number of nitrogens with one attached hydrogen (secondary N) is 1. The number of amides is 3. The number of halogens is 4. The Morgan fingerprint density at radius 2 is 1.61 bits per heavy atom. The predicted molar refractivity (Wildman–Crippen MR) is 94.4 cm³/mol. The van der Waals surface area contributed by atoms with E-state index in [0.717, 1.165) is 29.5 Å². The number of carbonyl (C=O) groups is 3. The summed E-state index contributed by atoms with van der Waals surface area (Å²) >= 11 is 1.14. The molecule has 1 saturated heterocycles. The van der Waals surface area contributed by atoms with Crippen molar-refractivity contribution in [3.8, 4) is 0 Å². The number of fused-ring (bicyclic) bond motifs is 1. The minimum Gasteiger partial charge on any atom is -0.319 e. The Balaban J connectivity index is 1.90. The quantitative estimate of drug-likeness (QED) is 0.453. The zero-order valence-electron chi connectivity index (χ0n) is 14.9. The lowest BCUT2D eigenvalue weighted by Gasteiger charge is -2.25. The third kappa shape index (κ3) is 3.49. The maximum atomic E-state index is 13.9. The van der Waals surface area contributed by atoms with Gasteiger partial charge in [0.1, 0.15) is 11.7 Å². The SMILES string of the molecule is CSCC(C(=O)Nc1c(F)c(F)cc(F)c1F)N1C(=O)C2CCCCC2C1=O. The highest BCUT2D eigenvalue weighted by Crippen LogP contribution is 2.39. The summed E-state index contributed by atoms with van der Waals surface area (Å²) in [4.78, 5) is 38.9. The Morgan fingerprint density at radius 3 is 2.07 bits per heavy atom. The highest BCUT2D eigenvalue weighted by Gasteiger charge is 2.51. The molecule has 10 heteroatoms. The van der Waals surface area contributed by atoms with Crippen LogP contribution in [0, 0.1) is 35.1 Å². The molecule has 152 valence electrons. The predicted octanol–water partition coefficient (Wildman–Crippen LogP) is 3.09. The van der Waals surface area contributed by atoms with E-state index in [1.54, 1.807) is 6.26 Å². The molecule has 5 nitrogen and oxygen atoms in total. The molecule has 0 aromatic heterocycles. The largest absolute Gasteiger partial charge is 0.319 e. The van der Waals surface area contributed by atoms with E-state index in [1.807, 2.05) is 5.32 Å². The van der Waals surface area contributed by atoms with Gasteiger partial charge in [-0.1, -0.05) is 12.8 Å². The minimum atomic E-state index is -1.76. The number of rotatable bonds is 5. The van der Waals surface area contributed by atoms with Crippen LogP contribution < -0.4 is 5.32 Å². The fraction of sp³-hybridized carbons (Fsp3) is 0.500. The highest BCUT2D eigenvalue weighted by molar-refractivity contribution is 7.98. The number of imide groups is 1. The van der Waals surface area contributed by atoms with E-state index in [9.17, 15) is 31.9 Å². The van der Waals surface area contributed by atoms with Crippen molar-refractivity contribution >= 4 is 35.2 Å². The molecule has 28 heavy (non-hydrogen) atoms. The number of hydrogen-bond donors (Lipinski definition) is 1. The average molecular weight is 418 g/mol. The van der Waals surface area contributed by atoms with Crippen molar-refractivity contribution in [2.45, 2.75) is 31.7 Å². The molecule has 3 unspecified atom stereocenters. The van der Waals surface area contributed by atoms with E-state index in [1.165, 1.54) is 0 Å². The van der Waals surface area contributed by atoms with Gasteiger partial charge in [0.25, 0.3) is 0 Å². The van der Waals surface area contributed by atoms with Crippen molar-refractivity contribution in [1.29, 1.82) is 0 Å². The molecule has 2 fully saturated rings.